The van der Waals surface area contributed by atoms with Crippen LogP contribution < -0.4 is 25.0 Å². The number of methoxy groups -OCH3 is 1. The number of anilines is 2. The predicted molar refractivity (Wildman–Crippen MR) is 144 cm³/mol. The summed E-state index contributed by atoms with van der Waals surface area (Å²) in [5, 5.41) is 5.28. The van der Waals surface area contributed by atoms with Crippen molar-refractivity contribution in [1.29, 1.82) is 0 Å². The smallest absolute Gasteiger partial charge is 0.335 e. The Kier molecular flexibility index (Phi) is 7.99. The SMILES string of the molecule is COc1cc(/C=C2\C(=O)NC(=O)N(c3ccc(C)c(Cl)c3)C2=O)cc(Cl)c1OCC(=O)Nc1ccccc1. The highest BCUT2D eigenvalue weighted by molar-refractivity contribution is 6.39. The molecule has 0 aliphatic carbocycles. The van der Waals surface area contributed by atoms with Gasteiger partial charge in [0.05, 0.1) is 17.8 Å². The van der Waals surface area contributed by atoms with Crippen LogP contribution >= 0.6 is 23.2 Å². The molecule has 3 aromatic carbocycles. The van der Waals surface area contributed by atoms with Gasteiger partial charge in [-0.2, -0.15) is 0 Å². The Hall–Kier alpha value is -4.34. The van der Waals surface area contributed by atoms with Crippen LogP contribution in [-0.4, -0.2) is 37.5 Å². The Bertz CT molecular complexity index is 1470. The highest BCUT2D eigenvalue weighted by Gasteiger charge is 2.37. The van der Waals surface area contributed by atoms with Crippen molar-refractivity contribution in [3.8, 4) is 11.5 Å². The Morgan fingerprint density at radius 2 is 1.76 bits per heavy atom. The number of nitrogens with one attached hydrogen (secondary N) is 2. The molecule has 0 spiro atoms. The maximum Gasteiger partial charge on any atom is 0.335 e. The number of carbonyl (C=O) groups excluding carboxylic acids is 4. The zero-order valence-corrected chi connectivity index (χ0v) is 21.7. The van der Waals surface area contributed by atoms with E-state index in [0.717, 1.165) is 10.5 Å². The second-order valence-electron chi connectivity index (χ2n) is 8.13. The number of hydrogen-bond donors (Lipinski definition) is 2. The topological polar surface area (TPSA) is 114 Å². The van der Waals surface area contributed by atoms with Crippen molar-refractivity contribution in [3.05, 3.63) is 87.4 Å². The van der Waals surface area contributed by atoms with E-state index in [2.05, 4.69) is 10.6 Å². The zero-order chi connectivity index (χ0) is 27.4. The van der Waals surface area contributed by atoms with E-state index < -0.39 is 23.8 Å². The van der Waals surface area contributed by atoms with E-state index in [-0.39, 0.29) is 34.4 Å². The van der Waals surface area contributed by atoms with E-state index in [1.54, 1.807) is 43.3 Å². The molecule has 0 atom stereocenters. The number of imide groups is 2. The molecule has 1 fully saturated rings. The minimum Gasteiger partial charge on any atom is -0.493 e. The van der Waals surface area contributed by atoms with E-state index >= 15 is 0 Å². The van der Waals surface area contributed by atoms with Crippen molar-refractivity contribution in [2.24, 2.45) is 0 Å². The fraction of sp³-hybridized carbons (Fsp3) is 0.111. The number of ether oxygens (including phenoxy) is 2. The fourth-order valence-electron chi connectivity index (χ4n) is 3.60. The first-order valence-electron chi connectivity index (χ1n) is 11.2. The molecule has 11 heteroatoms. The highest BCUT2D eigenvalue weighted by atomic mass is 35.5. The molecule has 1 heterocycles. The summed E-state index contributed by atoms with van der Waals surface area (Å²) in [6, 6.07) is 15.5. The Labute approximate surface area is 227 Å². The summed E-state index contributed by atoms with van der Waals surface area (Å²) in [5.74, 6) is -1.86. The molecule has 0 unspecified atom stereocenters. The van der Waals surface area contributed by atoms with Gasteiger partial charge in [0.15, 0.2) is 18.1 Å². The monoisotopic (exact) mass is 553 g/mol. The van der Waals surface area contributed by atoms with Crippen LogP contribution in [0.4, 0.5) is 16.2 Å². The lowest BCUT2D eigenvalue weighted by molar-refractivity contribution is -0.122. The second-order valence-corrected chi connectivity index (χ2v) is 8.94. The summed E-state index contributed by atoms with van der Waals surface area (Å²) in [4.78, 5) is 51.3. The summed E-state index contributed by atoms with van der Waals surface area (Å²) in [6.45, 7) is 1.43. The normalized spacial score (nSPS) is 14.4. The Morgan fingerprint density at radius 1 is 1.03 bits per heavy atom. The molecular formula is C27H21Cl2N3O6. The summed E-state index contributed by atoms with van der Waals surface area (Å²) in [7, 11) is 1.37. The molecule has 3 aromatic rings. The molecule has 4 rings (SSSR count). The number of benzene rings is 3. The van der Waals surface area contributed by atoms with Gasteiger partial charge >= 0.3 is 6.03 Å². The summed E-state index contributed by atoms with van der Waals surface area (Å²) in [5.41, 5.74) is 1.58. The van der Waals surface area contributed by atoms with Crippen LogP contribution in [0, 0.1) is 6.92 Å². The first-order valence-corrected chi connectivity index (χ1v) is 12.0. The van der Waals surface area contributed by atoms with Crippen molar-refractivity contribution in [2.45, 2.75) is 6.92 Å². The van der Waals surface area contributed by atoms with Gasteiger partial charge in [0.25, 0.3) is 17.7 Å². The number of halogens is 2. The van der Waals surface area contributed by atoms with Crippen LogP contribution in [0.1, 0.15) is 11.1 Å². The molecule has 5 amide bonds. The molecule has 0 bridgehead atoms. The van der Waals surface area contributed by atoms with Crippen LogP contribution in [0.15, 0.2) is 66.2 Å². The first-order chi connectivity index (χ1) is 18.2. The quantitative estimate of drug-likeness (QED) is 0.314. The van der Waals surface area contributed by atoms with Gasteiger partial charge in [-0.3, -0.25) is 19.7 Å². The number of rotatable bonds is 7. The molecular weight excluding hydrogens is 533 g/mol. The van der Waals surface area contributed by atoms with E-state index in [1.165, 1.54) is 31.4 Å². The van der Waals surface area contributed by atoms with Crippen LogP contribution in [0.3, 0.4) is 0 Å². The minimum absolute atomic E-state index is 0.0747. The van der Waals surface area contributed by atoms with Gasteiger partial charge in [-0.15, -0.1) is 0 Å². The van der Waals surface area contributed by atoms with Crippen molar-refractivity contribution in [3.63, 3.8) is 0 Å². The average molecular weight is 554 g/mol. The molecule has 194 valence electrons. The number of carbonyl (C=O) groups is 4. The summed E-state index contributed by atoms with van der Waals surface area (Å²) < 4.78 is 10.9. The van der Waals surface area contributed by atoms with E-state index in [1.807, 2.05) is 6.07 Å². The van der Waals surface area contributed by atoms with Crippen molar-refractivity contribution in [2.75, 3.05) is 23.9 Å². The van der Waals surface area contributed by atoms with Gasteiger partial charge < -0.3 is 14.8 Å². The number of amides is 5. The molecule has 0 radical (unpaired) electrons. The van der Waals surface area contributed by atoms with Gasteiger partial charge in [0, 0.05) is 10.7 Å². The standard InChI is InChI=1S/C27H21Cl2N3O6/c1-15-8-9-18(13-20(15)28)32-26(35)19(25(34)31-27(32)36)10-16-11-21(29)24(22(12-16)37-2)38-14-23(33)30-17-6-4-3-5-7-17/h3-13H,14H2,1-2H3,(H,30,33)(H,31,34,36)/b19-10+. The van der Waals surface area contributed by atoms with Crippen LogP contribution in [0.5, 0.6) is 11.5 Å². The van der Waals surface area contributed by atoms with Crippen LogP contribution in [0.25, 0.3) is 6.08 Å². The Balaban J connectivity index is 1.58. The molecule has 0 aromatic heterocycles. The third kappa shape index (κ3) is 5.80. The maximum atomic E-state index is 13.2. The lowest BCUT2D eigenvalue weighted by Crippen LogP contribution is -2.54. The molecule has 9 nitrogen and oxygen atoms in total. The number of urea groups is 1. The molecule has 1 aliphatic rings. The first kappa shape index (κ1) is 26.7. The molecule has 1 saturated heterocycles. The van der Waals surface area contributed by atoms with Crippen molar-refractivity contribution < 1.29 is 28.7 Å². The maximum absolute atomic E-state index is 13.2. The number of barbiturate groups is 1. The van der Waals surface area contributed by atoms with Gasteiger partial charge in [-0.05, 0) is 60.5 Å². The van der Waals surface area contributed by atoms with Gasteiger partial charge in [-0.1, -0.05) is 47.5 Å². The van der Waals surface area contributed by atoms with Crippen LogP contribution in [-0.2, 0) is 14.4 Å². The fourth-order valence-corrected chi connectivity index (χ4v) is 4.05. The number of nitrogens with zero attached hydrogens (tertiary/aromatic N) is 1. The molecule has 2 N–H and O–H groups in total. The lowest BCUT2D eigenvalue weighted by atomic mass is 10.1. The number of para-hydroxylation sites is 1. The second kappa shape index (κ2) is 11.4. The average Bonchev–Trinajstić information content (AvgIpc) is 2.88. The van der Waals surface area contributed by atoms with Crippen molar-refractivity contribution >= 4 is 64.4 Å². The zero-order valence-electron chi connectivity index (χ0n) is 20.2. The van der Waals surface area contributed by atoms with Crippen LogP contribution in [0.2, 0.25) is 10.0 Å². The molecule has 0 saturated carbocycles. The largest absolute Gasteiger partial charge is 0.493 e. The summed E-state index contributed by atoms with van der Waals surface area (Å²) in [6.07, 6.45) is 1.27. The van der Waals surface area contributed by atoms with Gasteiger partial charge in [-0.25, -0.2) is 9.69 Å². The Morgan fingerprint density at radius 3 is 2.45 bits per heavy atom. The highest BCUT2D eigenvalue weighted by Crippen LogP contribution is 2.37. The number of hydrogen-bond acceptors (Lipinski definition) is 6. The van der Waals surface area contributed by atoms with Gasteiger partial charge in [0.2, 0.25) is 0 Å². The number of aryl methyl sites for hydroxylation is 1. The third-order valence-electron chi connectivity index (χ3n) is 5.48. The van der Waals surface area contributed by atoms with E-state index in [0.29, 0.717) is 16.3 Å². The molecule has 1 aliphatic heterocycles. The minimum atomic E-state index is -0.898. The summed E-state index contributed by atoms with van der Waals surface area (Å²) >= 11 is 12.6. The third-order valence-corrected chi connectivity index (χ3v) is 6.17. The predicted octanol–water partition coefficient (Wildman–Crippen LogP) is 4.99. The van der Waals surface area contributed by atoms with Crippen molar-refractivity contribution in [1.82, 2.24) is 5.32 Å². The van der Waals surface area contributed by atoms with Gasteiger partial charge in [0.1, 0.15) is 5.57 Å². The molecule has 38 heavy (non-hydrogen) atoms. The lowest BCUT2D eigenvalue weighted by Gasteiger charge is -2.26. The van der Waals surface area contributed by atoms with E-state index in [9.17, 15) is 19.2 Å². The van der Waals surface area contributed by atoms with E-state index in [4.69, 9.17) is 32.7 Å².